The van der Waals surface area contributed by atoms with Gasteiger partial charge in [-0.25, -0.2) is 0 Å². The number of piperidine rings is 1. The Morgan fingerprint density at radius 2 is 1.17 bits per heavy atom. The van der Waals surface area contributed by atoms with Crippen molar-refractivity contribution < 1.29 is 14.4 Å². The van der Waals surface area contributed by atoms with Crippen LogP contribution in [-0.2, 0) is 11.3 Å². The molecule has 0 aromatic heterocycles. The van der Waals surface area contributed by atoms with Crippen LogP contribution in [0.5, 0.6) is 0 Å². The van der Waals surface area contributed by atoms with Crippen LogP contribution in [0.2, 0.25) is 0 Å². The van der Waals surface area contributed by atoms with Gasteiger partial charge in [0.05, 0.1) is 0 Å². The van der Waals surface area contributed by atoms with Crippen molar-refractivity contribution in [2.75, 3.05) is 27.2 Å². The smallest absolute Gasteiger partial charge is 0.251 e. The molecule has 0 radical (unpaired) electrons. The average molecular weight is 480 g/mol. The van der Waals surface area contributed by atoms with Crippen molar-refractivity contribution in [3.63, 3.8) is 0 Å². The first-order valence-electron chi connectivity index (χ1n) is 11.8. The molecule has 3 aromatic rings. The molecular weight excluding hydrogens is 450 g/mol. The molecule has 1 heterocycles. The Hall–Kier alpha value is -4.29. The van der Waals surface area contributed by atoms with Crippen LogP contribution < -0.4 is 10.6 Å². The number of nitrogens with one attached hydrogen (secondary N) is 2. The predicted octanol–water partition coefficient (Wildman–Crippen LogP) is 3.96. The molecule has 0 saturated carbocycles. The minimum Gasteiger partial charge on any atom is -0.355 e. The summed E-state index contributed by atoms with van der Waals surface area (Å²) in [7, 11) is 3.19. The fraction of sp³-hybridized carbons (Fsp3) is 0.167. The second-order valence-electron chi connectivity index (χ2n) is 8.70. The lowest BCUT2D eigenvalue weighted by atomic mass is 9.93. The van der Waals surface area contributed by atoms with E-state index < -0.39 is 0 Å². The summed E-state index contributed by atoms with van der Waals surface area (Å²) >= 11 is 0. The van der Waals surface area contributed by atoms with Crippen LogP contribution >= 0.6 is 0 Å². The maximum atomic E-state index is 13.5. The van der Waals surface area contributed by atoms with Gasteiger partial charge in [-0.2, -0.15) is 0 Å². The quantitative estimate of drug-likeness (QED) is 0.525. The van der Waals surface area contributed by atoms with E-state index in [1.807, 2.05) is 54.6 Å². The number of Topliss-reactive ketones (excluding diaryl/α,β-unsaturated/α-hetero) is 1. The Bertz CT molecular complexity index is 1230. The van der Waals surface area contributed by atoms with Crippen LogP contribution in [0.15, 0.2) is 90.0 Å². The van der Waals surface area contributed by atoms with Gasteiger partial charge in [0.1, 0.15) is 0 Å². The van der Waals surface area contributed by atoms with Crippen molar-refractivity contribution in [2.24, 2.45) is 0 Å². The molecule has 0 atom stereocenters. The van der Waals surface area contributed by atoms with E-state index in [4.69, 9.17) is 0 Å². The molecule has 2 amide bonds. The average Bonchev–Trinajstić information content (AvgIpc) is 2.91. The molecule has 1 aliphatic rings. The van der Waals surface area contributed by atoms with Crippen molar-refractivity contribution >= 4 is 29.7 Å². The second-order valence-corrected chi connectivity index (χ2v) is 8.70. The second kappa shape index (κ2) is 11.4. The van der Waals surface area contributed by atoms with Crippen LogP contribution in [-0.4, -0.2) is 49.7 Å². The minimum atomic E-state index is -0.148. The highest BCUT2D eigenvalue weighted by Crippen LogP contribution is 2.24. The minimum absolute atomic E-state index is 0.00469. The molecule has 0 aliphatic carbocycles. The van der Waals surface area contributed by atoms with Crippen LogP contribution in [0, 0.1) is 0 Å². The number of hydrogen-bond donors (Lipinski definition) is 2. The van der Waals surface area contributed by atoms with Gasteiger partial charge in [-0.05, 0) is 53.1 Å². The monoisotopic (exact) mass is 479 g/mol. The maximum Gasteiger partial charge on any atom is 0.251 e. The van der Waals surface area contributed by atoms with Crippen molar-refractivity contribution in [3.05, 3.63) is 118 Å². The molecule has 2 N–H and O–H groups in total. The van der Waals surface area contributed by atoms with E-state index in [0.29, 0.717) is 41.9 Å². The highest BCUT2D eigenvalue weighted by atomic mass is 16.2. The van der Waals surface area contributed by atoms with E-state index in [2.05, 4.69) is 27.7 Å². The Morgan fingerprint density at radius 3 is 1.58 bits per heavy atom. The standard InChI is InChI=1S/C30H29N3O3/c1-31-29(35)24-12-8-21(9-13-24)16-26-19-33(18-23-6-4-3-5-7-23)20-27(28(26)34)17-22-10-14-25(15-11-22)30(36)32-2/h3-17H,18-20H2,1-2H3,(H,31,35)(H,32,36). The maximum absolute atomic E-state index is 13.5. The molecule has 3 aromatic carbocycles. The summed E-state index contributed by atoms with van der Waals surface area (Å²) < 4.78 is 0. The van der Waals surface area contributed by atoms with Crippen LogP contribution in [0.4, 0.5) is 0 Å². The summed E-state index contributed by atoms with van der Waals surface area (Å²) in [6.07, 6.45) is 3.80. The molecular formula is C30H29N3O3. The van der Waals surface area contributed by atoms with Crippen molar-refractivity contribution in [2.45, 2.75) is 6.54 Å². The van der Waals surface area contributed by atoms with Gasteiger partial charge in [-0.1, -0.05) is 54.6 Å². The number of carbonyl (C=O) groups is 3. The molecule has 6 heteroatoms. The molecule has 1 saturated heterocycles. The van der Waals surface area contributed by atoms with E-state index >= 15 is 0 Å². The van der Waals surface area contributed by atoms with Gasteiger partial charge in [-0.3, -0.25) is 19.3 Å². The first-order valence-corrected chi connectivity index (χ1v) is 11.8. The van der Waals surface area contributed by atoms with Gasteiger partial charge in [-0.15, -0.1) is 0 Å². The summed E-state index contributed by atoms with van der Waals surface area (Å²) in [5.41, 5.74) is 5.43. The van der Waals surface area contributed by atoms with Crippen LogP contribution in [0.1, 0.15) is 37.4 Å². The van der Waals surface area contributed by atoms with E-state index in [0.717, 1.165) is 11.1 Å². The zero-order chi connectivity index (χ0) is 25.5. The molecule has 6 nitrogen and oxygen atoms in total. The van der Waals surface area contributed by atoms with Gasteiger partial charge in [0.2, 0.25) is 0 Å². The number of carbonyl (C=O) groups excluding carboxylic acids is 3. The molecule has 0 bridgehead atoms. The number of benzene rings is 3. The summed E-state index contributed by atoms with van der Waals surface area (Å²) in [6, 6.07) is 24.6. The van der Waals surface area contributed by atoms with E-state index in [1.165, 1.54) is 5.56 Å². The summed E-state index contributed by atoms with van der Waals surface area (Å²) in [6.45, 7) is 1.77. The Labute approximate surface area is 211 Å². The number of hydrogen-bond acceptors (Lipinski definition) is 4. The highest BCUT2D eigenvalue weighted by molar-refractivity contribution is 6.14. The topological polar surface area (TPSA) is 78.5 Å². The largest absolute Gasteiger partial charge is 0.355 e. The van der Waals surface area contributed by atoms with Gasteiger partial charge in [0, 0.05) is 56.0 Å². The van der Waals surface area contributed by atoms with E-state index in [1.54, 1.807) is 38.4 Å². The number of ketones is 1. The lowest BCUT2D eigenvalue weighted by Gasteiger charge is -2.30. The van der Waals surface area contributed by atoms with E-state index in [9.17, 15) is 14.4 Å². The molecule has 36 heavy (non-hydrogen) atoms. The van der Waals surface area contributed by atoms with Gasteiger partial charge >= 0.3 is 0 Å². The Morgan fingerprint density at radius 1 is 0.722 bits per heavy atom. The fourth-order valence-electron chi connectivity index (χ4n) is 4.22. The third kappa shape index (κ3) is 6.03. The van der Waals surface area contributed by atoms with Crippen molar-refractivity contribution in [3.8, 4) is 0 Å². The third-order valence-corrected chi connectivity index (χ3v) is 6.10. The fourth-order valence-corrected chi connectivity index (χ4v) is 4.22. The zero-order valence-electron chi connectivity index (χ0n) is 20.5. The molecule has 0 unspecified atom stereocenters. The number of rotatable bonds is 6. The molecule has 4 rings (SSSR count). The van der Waals surface area contributed by atoms with E-state index in [-0.39, 0.29) is 17.6 Å². The summed E-state index contributed by atoms with van der Waals surface area (Å²) in [5, 5.41) is 5.23. The Balaban J connectivity index is 1.64. The highest BCUT2D eigenvalue weighted by Gasteiger charge is 2.26. The normalized spacial score (nSPS) is 16.2. The van der Waals surface area contributed by atoms with Crippen molar-refractivity contribution in [1.29, 1.82) is 0 Å². The number of nitrogens with zero attached hydrogens (tertiary/aromatic N) is 1. The molecule has 1 fully saturated rings. The molecule has 182 valence electrons. The number of likely N-dealkylation sites (tertiary alicyclic amines) is 1. The van der Waals surface area contributed by atoms with Crippen molar-refractivity contribution in [1.82, 2.24) is 15.5 Å². The first kappa shape index (κ1) is 24.8. The van der Waals surface area contributed by atoms with Crippen LogP contribution in [0.3, 0.4) is 0 Å². The molecule has 1 aliphatic heterocycles. The predicted molar refractivity (Wildman–Crippen MR) is 142 cm³/mol. The number of amides is 2. The third-order valence-electron chi connectivity index (χ3n) is 6.10. The van der Waals surface area contributed by atoms with Crippen LogP contribution in [0.25, 0.3) is 12.2 Å². The molecule has 0 spiro atoms. The Kier molecular flexibility index (Phi) is 7.88. The zero-order valence-corrected chi connectivity index (χ0v) is 20.5. The first-order chi connectivity index (χ1) is 17.5. The lowest BCUT2D eigenvalue weighted by Crippen LogP contribution is -2.37. The van der Waals surface area contributed by atoms with Gasteiger partial charge in [0.25, 0.3) is 11.8 Å². The lowest BCUT2D eigenvalue weighted by molar-refractivity contribution is -0.113. The summed E-state index contributed by atoms with van der Waals surface area (Å²) in [4.78, 5) is 39.4. The summed E-state index contributed by atoms with van der Waals surface area (Å²) in [5.74, 6) is -0.292. The van der Waals surface area contributed by atoms with Gasteiger partial charge in [0.15, 0.2) is 5.78 Å². The SMILES string of the molecule is CNC(=O)c1ccc(C=C2CN(Cc3ccccc3)CC(=Cc3ccc(C(=O)NC)cc3)C2=O)cc1. The van der Waals surface area contributed by atoms with Gasteiger partial charge < -0.3 is 10.6 Å².